The van der Waals surface area contributed by atoms with Gasteiger partial charge in [-0.2, -0.15) is 0 Å². The Morgan fingerprint density at radius 2 is 1.93 bits per heavy atom. The summed E-state index contributed by atoms with van der Waals surface area (Å²) >= 11 is 0. The van der Waals surface area contributed by atoms with Crippen LogP contribution in [0, 0.1) is 0 Å². The van der Waals surface area contributed by atoms with E-state index in [4.69, 9.17) is 5.73 Å². The molecule has 2 atom stereocenters. The molecule has 84 valence electrons. The van der Waals surface area contributed by atoms with Crippen molar-refractivity contribution in [1.82, 2.24) is 5.32 Å². The van der Waals surface area contributed by atoms with Gasteiger partial charge in [0.1, 0.15) is 0 Å². The molecule has 3 heteroatoms. The van der Waals surface area contributed by atoms with Crippen LogP contribution in [0.5, 0.6) is 0 Å². The Morgan fingerprint density at radius 1 is 1.29 bits per heavy atom. The fourth-order valence-electron chi connectivity index (χ4n) is 1.42. The van der Waals surface area contributed by atoms with Crippen molar-refractivity contribution in [3.05, 3.63) is 0 Å². The van der Waals surface area contributed by atoms with E-state index in [0.29, 0.717) is 6.04 Å². The molecule has 3 nitrogen and oxygen atoms in total. The van der Waals surface area contributed by atoms with E-state index in [1.807, 2.05) is 0 Å². The van der Waals surface area contributed by atoms with Crippen molar-refractivity contribution in [3.63, 3.8) is 0 Å². The van der Waals surface area contributed by atoms with Crippen LogP contribution >= 0.6 is 0 Å². The zero-order valence-electron chi connectivity index (χ0n) is 9.68. The summed E-state index contributed by atoms with van der Waals surface area (Å²) in [5.41, 5.74) is 5.50. The van der Waals surface area contributed by atoms with Gasteiger partial charge in [0.15, 0.2) is 0 Å². The van der Waals surface area contributed by atoms with Crippen LogP contribution in [0.4, 0.5) is 0 Å². The van der Waals surface area contributed by atoms with Crippen LogP contribution in [-0.4, -0.2) is 18.0 Å². The summed E-state index contributed by atoms with van der Waals surface area (Å²) in [5.74, 6) is -0.0282. The van der Waals surface area contributed by atoms with Gasteiger partial charge in [0.05, 0.1) is 6.04 Å². The lowest BCUT2D eigenvalue weighted by atomic mass is 10.0. The van der Waals surface area contributed by atoms with E-state index >= 15 is 0 Å². The molecule has 14 heavy (non-hydrogen) atoms. The molecule has 1 unspecified atom stereocenters. The van der Waals surface area contributed by atoms with Gasteiger partial charge >= 0.3 is 0 Å². The molecule has 0 heterocycles. The van der Waals surface area contributed by atoms with Crippen molar-refractivity contribution in [3.8, 4) is 0 Å². The van der Waals surface area contributed by atoms with E-state index in [-0.39, 0.29) is 5.91 Å². The summed E-state index contributed by atoms with van der Waals surface area (Å²) in [7, 11) is 0. The van der Waals surface area contributed by atoms with Gasteiger partial charge in [-0.1, -0.05) is 33.1 Å². The lowest BCUT2D eigenvalue weighted by molar-refractivity contribution is -0.122. The number of hydrogen-bond donors (Lipinski definition) is 2. The fraction of sp³-hybridized carbons (Fsp3) is 0.909. The summed E-state index contributed by atoms with van der Waals surface area (Å²) in [6.07, 6.45) is 5.58. The molecule has 0 aliphatic carbocycles. The Bertz CT molecular complexity index is 157. The second kappa shape index (κ2) is 7.80. The lowest BCUT2D eigenvalue weighted by Gasteiger charge is -2.19. The minimum atomic E-state index is -0.393. The molecule has 1 amide bonds. The maximum Gasteiger partial charge on any atom is 0.236 e. The summed E-state index contributed by atoms with van der Waals surface area (Å²) in [5, 5.41) is 2.99. The number of carbonyl (C=O) groups is 1. The van der Waals surface area contributed by atoms with Crippen LogP contribution in [0.3, 0.4) is 0 Å². The van der Waals surface area contributed by atoms with E-state index in [1.54, 1.807) is 6.92 Å². The summed E-state index contributed by atoms with van der Waals surface area (Å²) < 4.78 is 0. The Kier molecular flexibility index (Phi) is 7.48. The summed E-state index contributed by atoms with van der Waals surface area (Å²) in [6, 6.07) is -0.0746. The molecule has 0 aromatic heterocycles. The molecule has 0 spiro atoms. The van der Waals surface area contributed by atoms with E-state index < -0.39 is 6.04 Å². The topological polar surface area (TPSA) is 55.1 Å². The molecular weight excluding hydrogens is 176 g/mol. The highest BCUT2D eigenvalue weighted by atomic mass is 16.2. The SMILES string of the molecule is CCCCC(CCC)NC(=O)[C@H](C)N. The number of hydrogen-bond acceptors (Lipinski definition) is 2. The van der Waals surface area contributed by atoms with E-state index in [9.17, 15) is 4.79 Å². The molecule has 0 aromatic rings. The van der Waals surface area contributed by atoms with Crippen molar-refractivity contribution in [2.75, 3.05) is 0 Å². The van der Waals surface area contributed by atoms with Crippen molar-refractivity contribution in [2.45, 2.75) is 65.0 Å². The number of nitrogens with two attached hydrogens (primary N) is 1. The van der Waals surface area contributed by atoms with Gasteiger partial charge in [0.25, 0.3) is 0 Å². The first-order valence-corrected chi connectivity index (χ1v) is 5.67. The number of rotatable bonds is 7. The predicted octanol–water partition coefficient (Wildman–Crippen LogP) is 1.81. The molecule has 0 fully saturated rings. The molecule has 0 aliphatic rings. The molecule has 0 saturated carbocycles. The second-order valence-electron chi connectivity index (χ2n) is 3.93. The zero-order chi connectivity index (χ0) is 11.0. The first-order chi connectivity index (χ1) is 6.61. The van der Waals surface area contributed by atoms with E-state index in [2.05, 4.69) is 19.2 Å². The number of amides is 1. The van der Waals surface area contributed by atoms with Crippen molar-refractivity contribution >= 4 is 5.91 Å². The third-order valence-corrected chi connectivity index (χ3v) is 2.30. The van der Waals surface area contributed by atoms with Crippen LogP contribution < -0.4 is 11.1 Å². The molecular formula is C11H24N2O. The van der Waals surface area contributed by atoms with Gasteiger partial charge in [0.2, 0.25) is 5.91 Å². The third-order valence-electron chi connectivity index (χ3n) is 2.30. The number of unbranched alkanes of at least 4 members (excludes halogenated alkanes) is 1. The molecule has 0 rings (SSSR count). The van der Waals surface area contributed by atoms with Crippen LogP contribution in [0.15, 0.2) is 0 Å². The maximum atomic E-state index is 11.4. The largest absolute Gasteiger partial charge is 0.352 e. The molecule has 0 bridgehead atoms. The maximum absolute atomic E-state index is 11.4. The van der Waals surface area contributed by atoms with Gasteiger partial charge in [-0.15, -0.1) is 0 Å². The van der Waals surface area contributed by atoms with Crippen LogP contribution in [-0.2, 0) is 4.79 Å². The molecule has 0 saturated heterocycles. The Balaban J connectivity index is 3.88. The quantitative estimate of drug-likeness (QED) is 0.658. The van der Waals surface area contributed by atoms with E-state index in [1.165, 1.54) is 12.8 Å². The summed E-state index contributed by atoms with van der Waals surface area (Å²) in [4.78, 5) is 11.4. The fourth-order valence-corrected chi connectivity index (χ4v) is 1.42. The molecule has 3 N–H and O–H groups in total. The van der Waals surface area contributed by atoms with Crippen LogP contribution in [0.1, 0.15) is 52.9 Å². The molecule has 0 aliphatic heterocycles. The smallest absolute Gasteiger partial charge is 0.236 e. The summed E-state index contributed by atoms with van der Waals surface area (Å²) in [6.45, 7) is 6.02. The van der Waals surface area contributed by atoms with E-state index in [0.717, 1.165) is 19.3 Å². The van der Waals surface area contributed by atoms with Crippen molar-refractivity contribution in [2.24, 2.45) is 5.73 Å². The van der Waals surface area contributed by atoms with Crippen LogP contribution in [0.25, 0.3) is 0 Å². The normalized spacial score (nSPS) is 14.9. The van der Waals surface area contributed by atoms with Gasteiger partial charge in [-0.05, 0) is 19.8 Å². The van der Waals surface area contributed by atoms with Gasteiger partial charge < -0.3 is 11.1 Å². The minimum absolute atomic E-state index is 0.0282. The first-order valence-electron chi connectivity index (χ1n) is 5.67. The molecule has 0 aromatic carbocycles. The highest BCUT2D eigenvalue weighted by Crippen LogP contribution is 2.06. The third kappa shape index (κ3) is 5.97. The molecule has 0 radical (unpaired) electrons. The zero-order valence-corrected chi connectivity index (χ0v) is 9.68. The average molecular weight is 200 g/mol. The van der Waals surface area contributed by atoms with Crippen molar-refractivity contribution in [1.29, 1.82) is 0 Å². The Labute approximate surface area is 87.4 Å². The standard InChI is InChI=1S/C11H24N2O/c1-4-6-8-10(7-5-2)13-11(14)9(3)12/h9-10H,4-8,12H2,1-3H3,(H,13,14)/t9-,10?/m0/s1. The van der Waals surface area contributed by atoms with Gasteiger partial charge in [0, 0.05) is 6.04 Å². The van der Waals surface area contributed by atoms with Gasteiger partial charge in [-0.3, -0.25) is 4.79 Å². The van der Waals surface area contributed by atoms with Crippen LogP contribution in [0.2, 0.25) is 0 Å². The highest BCUT2D eigenvalue weighted by molar-refractivity contribution is 5.81. The van der Waals surface area contributed by atoms with Crippen molar-refractivity contribution < 1.29 is 4.79 Å². The average Bonchev–Trinajstić information content (AvgIpc) is 2.14. The number of carbonyl (C=O) groups excluding carboxylic acids is 1. The second-order valence-corrected chi connectivity index (χ2v) is 3.93. The Morgan fingerprint density at radius 3 is 2.36 bits per heavy atom. The minimum Gasteiger partial charge on any atom is -0.352 e. The monoisotopic (exact) mass is 200 g/mol. The number of nitrogens with one attached hydrogen (secondary N) is 1. The Hall–Kier alpha value is -0.570. The van der Waals surface area contributed by atoms with Gasteiger partial charge in [-0.25, -0.2) is 0 Å². The first kappa shape index (κ1) is 13.4. The lowest BCUT2D eigenvalue weighted by Crippen LogP contribution is -2.43. The highest BCUT2D eigenvalue weighted by Gasteiger charge is 2.13. The predicted molar refractivity (Wildman–Crippen MR) is 60.0 cm³/mol.